The second-order valence-corrected chi connectivity index (χ2v) is 6.88. The number of hydrogen-bond acceptors (Lipinski definition) is 3. The van der Waals surface area contributed by atoms with Crippen molar-refractivity contribution >= 4 is 9.53 Å². The van der Waals surface area contributed by atoms with Gasteiger partial charge in [0.2, 0.25) is 5.82 Å². The lowest BCUT2D eigenvalue weighted by molar-refractivity contribution is 0.137. The first-order valence-electron chi connectivity index (χ1n) is 7.18. The summed E-state index contributed by atoms with van der Waals surface area (Å²) in [5.74, 6) is -9.86. The van der Waals surface area contributed by atoms with Crippen molar-refractivity contribution in [2.75, 3.05) is 20.8 Å². The van der Waals surface area contributed by atoms with E-state index in [9.17, 15) is 22.0 Å². The van der Waals surface area contributed by atoms with Gasteiger partial charge in [-0.25, -0.2) is 22.0 Å². The predicted octanol–water partition coefficient (Wildman–Crippen LogP) is 3.62. The van der Waals surface area contributed by atoms with Crippen LogP contribution < -0.4 is 0 Å². The van der Waals surface area contributed by atoms with Gasteiger partial charge < -0.3 is 13.3 Å². The molecule has 0 amide bonds. The minimum atomic E-state index is -2.20. The Kier molecular flexibility index (Phi) is 6.65. The summed E-state index contributed by atoms with van der Waals surface area (Å²) in [6, 6.07) is 5.72. The van der Waals surface area contributed by atoms with Crippen LogP contribution in [0.5, 0.6) is 0 Å². The van der Waals surface area contributed by atoms with Crippen LogP contribution >= 0.6 is 0 Å². The van der Waals surface area contributed by atoms with Crippen molar-refractivity contribution < 1.29 is 35.2 Å². The van der Waals surface area contributed by atoms with Crippen LogP contribution in [0.1, 0.15) is 5.56 Å². The molecule has 0 unspecified atom stereocenters. The molecule has 3 nitrogen and oxygen atoms in total. The smallest absolute Gasteiger partial charge is 0.379 e. The predicted molar refractivity (Wildman–Crippen MR) is 82.5 cm³/mol. The molecule has 0 heterocycles. The lowest BCUT2D eigenvalue weighted by Crippen LogP contribution is -2.24. The van der Waals surface area contributed by atoms with Crippen molar-refractivity contribution in [3.05, 3.63) is 58.9 Å². The highest BCUT2D eigenvalue weighted by molar-refractivity contribution is 6.36. The molecule has 2 aromatic carbocycles. The highest BCUT2D eigenvalue weighted by atomic mass is 28.3. The molecule has 0 radical (unpaired) electrons. The van der Waals surface area contributed by atoms with Gasteiger partial charge in [0, 0.05) is 20.8 Å². The molecule has 0 N–H and O–H groups in total. The monoisotopic (exact) mass is 378 g/mol. The summed E-state index contributed by atoms with van der Waals surface area (Å²) in [6.07, 6.45) is 0.347. The molecule has 0 fully saturated rings. The Hall–Kier alpha value is -1.81. The molecule has 0 aliphatic carbocycles. The third kappa shape index (κ3) is 4.24. The number of rotatable bonds is 7. The van der Waals surface area contributed by atoms with E-state index in [4.69, 9.17) is 13.3 Å². The van der Waals surface area contributed by atoms with Crippen molar-refractivity contribution in [3.8, 4) is 11.1 Å². The largest absolute Gasteiger partial charge is 0.483 e. The zero-order chi connectivity index (χ0) is 18.6. The van der Waals surface area contributed by atoms with E-state index >= 15 is 0 Å². The molecular weight excluding hydrogens is 363 g/mol. The fraction of sp³-hybridized carbons (Fsp3) is 0.250. The van der Waals surface area contributed by atoms with Crippen LogP contribution in [0.2, 0.25) is 0 Å². The maximum absolute atomic E-state index is 13.9. The maximum atomic E-state index is 13.9. The third-order valence-electron chi connectivity index (χ3n) is 3.46. The normalized spacial score (nSPS) is 11.4. The third-order valence-corrected chi connectivity index (χ3v) is 4.73. The van der Waals surface area contributed by atoms with Gasteiger partial charge in [0.25, 0.3) is 0 Å². The number of benzene rings is 2. The Morgan fingerprint density at radius 1 is 0.840 bits per heavy atom. The van der Waals surface area contributed by atoms with Gasteiger partial charge in [-0.15, -0.1) is 0 Å². The van der Waals surface area contributed by atoms with Gasteiger partial charge in [-0.1, -0.05) is 24.3 Å². The zero-order valence-electron chi connectivity index (χ0n) is 13.4. The quantitative estimate of drug-likeness (QED) is 0.319. The average molecular weight is 378 g/mol. The Morgan fingerprint density at radius 2 is 1.40 bits per heavy atom. The van der Waals surface area contributed by atoms with Gasteiger partial charge >= 0.3 is 9.53 Å². The van der Waals surface area contributed by atoms with Gasteiger partial charge in [0.15, 0.2) is 23.3 Å². The van der Waals surface area contributed by atoms with Crippen molar-refractivity contribution in [1.29, 1.82) is 0 Å². The van der Waals surface area contributed by atoms with Gasteiger partial charge in [0.05, 0.1) is 5.56 Å². The summed E-state index contributed by atoms with van der Waals surface area (Å²) >= 11 is 0. The van der Waals surface area contributed by atoms with Crippen molar-refractivity contribution in [1.82, 2.24) is 0 Å². The molecule has 9 heteroatoms. The molecule has 0 aliphatic rings. The molecule has 0 spiro atoms. The van der Waals surface area contributed by atoms with E-state index in [1.54, 1.807) is 6.07 Å². The van der Waals surface area contributed by atoms with Crippen LogP contribution in [0, 0.1) is 29.1 Å². The zero-order valence-corrected chi connectivity index (χ0v) is 14.6. The SMILES string of the molecule is CO[SiH](OC)OCCc1cccc(-c2c(F)c(F)c(F)c(F)c2F)c1. The van der Waals surface area contributed by atoms with Crippen molar-refractivity contribution in [2.45, 2.75) is 6.42 Å². The van der Waals surface area contributed by atoms with E-state index in [2.05, 4.69) is 0 Å². The summed E-state index contributed by atoms with van der Waals surface area (Å²) in [5.41, 5.74) is -0.473. The topological polar surface area (TPSA) is 27.7 Å². The molecular formula is C16H15F5O3Si. The molecule has 2 aromatic rings. The molecule has 0 saturated carbocycles. The van der Waals surface area contributed by atoms with Gasteiger partial charge in [-0.2, -0.15) is 0 Å². The lowest BCUT2D eigenvalue weighted by Gasteiger charge is -2.12. The van der Waals surface area contributed by atoms with Crippen LogP contribution in [0.25, 0.3) is 11.1 Å². The molecule has 136 valence electrons. The Bertz CT molecular complexity index is 724. The first kappa shape index (κ1) is 19.5. The molecule has 0 saturated heterocycles. The average Bonchev–Trinajstić information content (AvgIpc) is 2.62. The van der Waals surface area contributed by atoms with E-state index in [1.165, 1.54) is 32.4 Å². The molecule has 0 atom stereocenters. The van der Waals surface area contributed by atoms with E-state index in [0.717, 1.165) is 0 Å². The summed E-state index contributed by atoms with van der Waals surface area (Å²) in [6.45, 7) is 0.221. The van der Waals surface area contributed by atoms with E-state index < -0.39 is 44.2 Å². The van der Waals surface area contributed by atoms with Gasteiger partial charge in [-0.3, -0.25) is 0 Å². The summed E-state index contributed by atoms with van der Waals surface area (Å²) in [5, 5.41) is 0. The first-order valence-corrected chi connectivity index (χ1v) is 8.60. The van der Waals surface area contributed by atoms with Crippen LogP contribution in [-0.4, -0.2) is 30.4 Å². The van der Waals surface area contributed by atoms with Crippen LogP contribution in [0.4, 0.5) is 22.0 Å². The van der Waals surface area contributed by atoms with Gasteiger partial charge in [-0.05, 0) is 17.5 Å². The molecule has 0 bridgehead atoms. The van der Waals surface area contributed by atoms with Gasteiger partial charge in [0.1, 0.15) is 0 Å². The minimum Gasteiger partial charge on any atom is -0.379 e. The van der Waals surface area contributed by atoms with E-state index in [-0.39, 0.29) is 12.2 Å². The Balaban J connectivity index is 2.28. The summed E-state index contributed by atoms with van der Waals surface area (Å²) in [4.78, 5) is 0. The number of hydrogen-bond donors (Lipinski definition) is 0. The summed E-state index contributed by atoms with van der Waals surface area (Å²) in [7, 11) is 0.696. The highest BCUT2D eigenvalue weighted by Crippen LogP contribution is 2.31. The van der Waals surface area contributed by atoms with Crippen molar-refractivity contribution in [2.24, 2.45) is 0 Å². The summed E-state index contributed by atoms with van der Waals surface area (Å²) < 4.78 is 83.0. The highest BCUT2D eigenvalue weighted by Gasteiger charge is 2.26. The van der Waals surface area contributed by atoms with Crippen LogP contribution in [-0.2, 0) is 19.7 Å². The Morgan fingerprint density at radius 3 is 1.96 bits per heavy atom. The fourth-order valence-electron chi connectivity index (χ4n) is 2.25. The lowest BCUT2D eigenvalue weighted by atomic mass is 10.0. The molecule has 0 aliphatic heterocycles. The first-order chi connectivity index (χ1) is 11.9. The van der Waals surface area contributed by atoms with Crippen molar-refractivity contribution in [3.63, 3.8) is 0 Å². The second kappa shape index (κ2) is 8.52. The minimum absolute atomic E-state index is 0.113. The van der Waals surface area contributed by atoms with Crippen LogP contribution in [0.15, 0.2) is 24.3 Å². The fourth-order valence-corrected chi connectivity index (χ4v) is 3.02. The van der Waals surface area contributed by atoms with Crippen LogP contribution in [0.3, 0.4) is 0 Å². The molecule has 0 aromatic heterocycles. The standard InChI is InChI=1S/C16H15F5O3Si/c1-22-25(23-2)24-7-6-9-4-3-5-10(8-9)11-12(17)14(19)16(21)15(20)13(11)18/h3-5,8,25H,6-7H2,1-2H3. The van der Waals surface area contributed by atoms with E-state index in [0.29, 0.717) is 12.0 Å². The molecule has 2 rings (SSSR count). The number of halogens is 5. The second-order valence-electron chi connectivity index (χ2n) is 5.03. The van der Waals surface area contributed by atoms with E-state index in [1.807, 2.05) is 0 Å². The molecule has 25 heavy (non-hydrogen) atoms. The maximum Gasteiger partial charge on any atom is 0.483 e. The Labute approximate surface area is 142 Å².